The SMILES string of the molecule is C[C@@H]1[C@H](C)CC[C@]2(C(=O)O)CC[C@]3(C)C(=CC[C@@H]4[C@@]5(C)C[C@@H](O)[C@@H](O)[C@@](C)(CO)[C@@H]5CC[C@]43C)[C@H]12. The number of rotatable bonds is 2. The van der Waals surface area contributed by atoms with Crippen molar-refractivity contribution in [3.05, 3.63) is 11.6 Å². The zero-order valence-electron chi connectivity index (χ0n) is 22.7. The second-order valence-corrected chi connectivity index (χ2v) is 14.5. The predicted molar refractivity (Wildman–Crippen MR) is 135 cm³/mol. The molecule has 4 saturated carbocycles. The molecule has 0 bridgehead atoms. The van der Waals surface area contributed by atoms with Crippen molar-refractivity contribution in [3.8, 4) is 0 Å². The Hall–Kier alpha value is -0.910. The molecule has 0 amide bonds. The van der Waals surface area contributed by atoms with Gasteiger partial charge in [0.1, 0.15) is 0 Å². The lowest BCUT2D eigenvalue weighted by Gasteiger charge is -2.71. The Morgan fingerprint density at radius 1 is 1.00 bits per heavy atom. The van der Waals surface area contributed by atoms with Gasteiger partial charge < -0.3 is 20.4 Å². The minimum atomic E-state index is -0.907. The number of carboxylic acids is 1. The van der Waals surface area contributed by atoms with E-state index in [4.69, 9.17) is 0 Å². The minimum absolute atomic E-state index is 0.00815. The fraction of sp³-hybridized carbons (Fsp3) is 0.900. The molecule has 0 radical (unpaired) electrons. The smallest absolute Gasteiger partial charge is 0.310 e. The van der Waals surface area contributed by atoms with Crippen molar-refractivity contribution in [2.45, 2.75) is 105 Å². The second-order valence-electron chi connectivity index (χ2n) is 14.5. The number of carbonyl (C=O) groups is 1. The van der Waals surface area contributed by atoms with E-state index in [1.54, 1.807) is 0 Å². The van der Waals surface area contributed by atoms with Crippen LogP contribution in [0.3, 0.4) is 0 Å². The van der Waals surface area contributed by atoms with Crippen LogP contribution in [0.25, 0.3) is 0 Å². The van der Waals surface area contributed by atoms with E-state index in [-0.39, 0.29) is 34.7 Å². The molecule has 5 rings (SSSR count). The Bertz CT molecular complexity index is 930. The van der Waals surface area contributed by atoms with Crippen LogP contribution < -0.4 is 0 Å². The maximum Gasteiger partial charge on any atom is 0.310 e. The molecule has 0 aromatic rings. The fourth-order valence-electron chi connectivity index (χ4n) is 11.0. The van der Waals surface area contributed by atoms with Gasteiger partial charge in [0.05, 0.1) is 24.2 Å². The topological polar surface area (TPSA) is 98.0 Å². The summed E-state index contributed by atoms with van der Waals surface area (Å²) in [5, 5.41) is 42.9. The number of aliphatic carboxylic acids is 1. The molecule has 5 aliphatic carbocycles. The average molecular weight is 489 g/mol. The molecule has 4 N–H and O–H groups in total. The Labute approximate surface area is 211 Å². The summed E-state index contributed by atoms with van der Waals surface area (Å²) in [5.41, 5.74) is -0.214. The maximum absolute atomic E-state index is 12.8. The van der Waals surface area contributed by atoms with Crippen LogP contribution in [0, 0.1) is 56.7 Å². The Kier molecular flexibility index (Phi) is 5.73. The summed E-state index contributed by atoms with van der Waals surface area (Å²) in [6.07, 6.45) is 7.51. The van der Waals surface area contributed by atoms with Gasteiger partial charge in [0.25, 0.3) is 0 Å². The third kappa shape index (κ3) is 2.95. The molecule has 0 aliphatic heterocycles. The van der Waals surface area contributed by atoms with Gasteiger partial charge in [0, 0.05) is 5.41 Å². The van der Waals surface area contributed by atoms with Crippen molar-refractivity contribution in [2.75, 3.05) is 6.61 Å². The highest BCUT2D eigenvalue weighted by atomic mass is 16.4. The summed E-state index contributed by atoms with van der Waals surface area (Å²) in [6, 6.07) is 0. The summed E-state index contributed by atoms with van der Waals surface area (Å²) < 4.78 is 0. The standard InChI is InChI=1S/C30H48O5/c1-17-9-12-30(25(34)35)14-13-28(5)19(23(30)18(17)2)7-8-22-26(3)15-20(32)24(33)27(4,16-31)21(26)10-11-29(22,28)6/h7,17-18,20-24,31-33H,8-16H2,1-6H3,(H,34,35)/t17-,18-,20-,21-,22-,23+,24-,26+,27+,28-,29-,30+/m1/s1. The molecule has 0 aromatic carbocycles. The van der Waals surface area contributed by atoms with Crippen molar-refractivity contribution in [2.24, 2.45) is 56.7 Å². The van der Waals surface area contributed by atoms with Gasteiger partial charge in [0.2, 0.25) is 0 Å². The lowest BCUT2D eigenvalue weighted by molar-refractivity contribution is -0.244. The summed E-state index contributed by atoms with van der Waals surface area (Å²) in [5.74, 6) is 0.828. The summed E-state index contributed by atoms with van der Waals surface area (Å²) in [7, 11) is 0. The van der Waals surface area contributed by atoms with Gasteiger partial charge in [-0.1, -0.05) is 53.2 Å². The average Bonchev–Trinajstić information content (AvgIpc) is 2.80. The first kappa shape index (κ1) is 25.7. The van der Waals surface area contributed by atoms with Gasteiger partial charge in [-0.25, -0.2) is 0 Å². The molecule has 198 valence electrons. The van der Waals surface area contributed by atoms with Gasteiger partial charge in [-0.2, -0.15) is 0 Å². The van der Waals surface area contributed by atoms with Gasteiger partial charge in [-0.15, -0.1) is 0 Å². The molecular weight excluding hydrogens is 440 g/mol. The fourth-order valence-corrected chi connectivity index (χ4v) is 11.0. The van der Waals surface area contributed by atoms with E-state index in [1.165, 1.54) is 5.57 Å². The minimum Gasteiger partial charge on any atom is -0.481 e. The first-order valence-corrected chi connectivity index (χ1v) is 14.1. The Morgan fingerprint density at radius 3 is 2.31 bits per heavy atom. The first-order chi connectivity index (χ1) is 16.2. The Balaban J connectivity index is 1.62. The normalized spacial score (nSPS) is 57.7. The number of hydrogen-bond acceptors (Lipinski definition) is 4. The van der Waals surface area contributed by atoms with Crippen LogP contribution >= 0.6 is 0 Å². The van der Waals surface area contributed by atoms with Crippen LogP contribution in [-0.2, 0) is 4.79 Å². The largest absolute Gasteiger partial charge is 0.481 e. The van der Waals surface area contributed by atoms with E-state index in [1.807, 2.05) is 6.92 Å². The molecule has 0 aromatic heterocycles. The van der Waals surface area contributed by atoms with Crippen molar-refractivity contribution in [3.63, 3.8) is 0 Å². The molecule has 0 heterocycles. The van der Waals surface area contributed by atoms with Crippen molar-refractivity contribution in [1.29, 1.82) is 0 Å². The van der Waals surface area contributed by atoms with Crippen LogP contribution in [-0.4, -0.2) is 45.2 Å². The number of allylic oxidation sites excluding steroid dienone is 2. The molecule has 5 nitrogen and oxygen atoms in total. The number of fused-ring (bicyclic) bond motifs is 7. The van der Waals surface area contributed by atoms with E-state index < -0.39 is 29.0 Å². The molecule has 35 heavy (non-hydrogen) atoms. The first-order valence-electron chi connectivity index (χ1n) is 14.1. The zero-order valence-corrected chi connectivity index (χ0v) is 22.7. The van der Waals surface area contributed by atoms with Crippen LogP contribution in [0.1, 0.15) is 92.9 Å². The number of aliphatic hydroxyl groups is 3. The van der Waals surface area contributed by atoms with Gasteiger partial charge in [-0.05, 0) is 97.2 Å². The highest BCUT2D eigenvalue weighted by Gasteiger charge is 2.70. The van der Waals surface area contributed by atoms with Crippen molar-refractivity contribution < 1.29 is 25.2 Å². The monoisotopic (exact) mass is 488 g/mol. The lowest BCUT2D eigenvalue weighted by atomic mass is 9.33. The summed E-state index contributed by atoms with van der Waals surface area (Å²) >= 11 is 0. The van der Waals surface area contributed by atoms with E-state index >= 15 is 0 Å². The van der Waals surface area contributed by atoms with E-state index in [0.29, 0.717) is 24.2 Å². The lowest BCUT2D eigenvalue weighted by Crippen LogP contribution is -2.68. The van der Waals surface area contributed by atoms with Gasteiger partial charge >= 0.3 is 5.97 Å². The molecule has 0 spiro atoms. The van der Waals surface area contributed by atoms with E-state index in [2.05, 4.69) is 40.7 Å². The van der Waals surface area contributed by atoms with Crippen LogP contribution in [0.15, 0.2) is 11.6 Å². The highest BCUT2D eigenvalue weighted by Crippen LogP contribution is 2.75. The predicted octanol–water partition coefficient (Wildman–Crippen LogP) is 5.03. The highest BCUT2D eigenvalue weighted by molar-refractivity contribution is 5.76. The third-order valence-corrected chi connectivity index (χ3v) is 13.5. The number of carboxylic acid groups (broad SMARTS) is 1. The van der Waals surface area contributed by atoms with E-state index in [9.17, 15) is 25.2 Å². The van der Waals surface area contributed by atoms with Crippen molar-refractivity contribution in [1.82, 2.24) is 0 Å². The van der Waals surface area contributed by atoms with Crippen LogP contribution in [0.2, 0.25) is 0 Å². The van der Waals surface area contributed by atoms with Crippen LogP contribution in [0.5, 0.6) is 0 Å². The maximum atomic E-state index is 12.8. The third-order valence-electron chi connectivity index (χ3n) is 13.5. The number of aliphatic hydroxyl groups excluding tert-OH is 3. The quantitative estimate of drug-likeness (QED) is 0.409. The zero-order chi connectivity index (χ0) is 25.8. The van der Waals surface area contributed by atoms with Crippen molar-refractivity contribution >= 4 is 5.97 Å². The van der Waals surface area contributed by atoms with Gasteiger partial charge in [0.15, 0.2) is 0 Å². The molecule has 12 atom stereocenters. The van der Waals surface area contributed by atoms with Gasteiger partial charge in [-0.3, -0.25) is 4.79 Å². The summed E-state index contributed by atoms with van der Waals surface area (Å²) in [6.45, 7) is 13.6. The molecule has 0 unspecified atom stereocenters. The molecule has 0 saturated heterocycles. The molecule has 4 fully saturated rings. The molecule has 5 heteroatoms. The number of hydrogen-bond donors (Lipinski definition) is 4. The van der Waals surface area contributed by atoms with Crippen LogP contribution in [0.4, 0.5) is 0 Å². The Morgan fingerprint density at radius 2 is 1.69 bits per heavy atom. The van der Waals surface area contributed by atoms with E-state index in [0.717, 1.165) is 44.9 Å². The molecular formula is C30H48O5. The summed E-state index contributed by atoms with van der Waals surface area (Å²) in [4.78, 5) is 12.8. The second kappa shape index (κ2) is 7.80. The molecule has 5 aliphatic rings.